The Hall–Kier alpha value is -2.75. The maximum atomic E-state index is 12.4. The molecule has 0 unspecified atom stereocenters. The number of benzene rings is 2. The van der Waals surface area contributed by atoms with E-state index in [0.29, 0.717) is 13.1 Å². The van der Waals surface area contributed by atoms with E-state index in [1.54, 1.807) is 17.0 Å². The van der Waals surface area contributed by atoms with Crippen molar-refractivity contribution >= 4 is 21.8 Å². The highest BCUT2D eigenvalue weighted by Gasteiger charge is 2.22. The summed E-state index contributed by atoms with van der Waals surface area (Å²) in [6, 6.07) is 16.5. The fraction of sp³-hybridized carbons (Fsp3) is 0.364. The monoisotopic (exact) mass is 444 g/mol. The van der Waals surface area contributed by atoms with Crippen molar-refractivity contribution in [3.05, 3.63) is 65.7 Å². The van der Waals surface area contributed by atoms with Crippen LogP contribution in [0.5, 0.6) is 0 Å². The zero-order valence-corrected chi connectivity index (χ0v) is 18.4. The van der Waals surface area contributed by atoms with Crippen LogP contribution in [0.15, 0.2) is 59.5 Å². The molecule has 3 rings (SSSR count). The largest absolute Gasteiger partial charge is 0.346 e. The number of nitrogens with zero attached hydrogens (tertiary/aromatic N) is 2. The normalized spacial score (nSPS) is 14.9. The zero-order chi connectivity index (χ0) is 22.3. The Morgan fingerprint density at radius 2 is 1.55 bits per heavy atom. The second-order valence-corrected chi connectivity index (χ2v) is 9.32. The molecule has 0 atom stereocenters. The number of sulfonamides is 1. The molecule has 2 aromatic rings. The summed E-state index contributed by atoms with van der Waals surface area (Å²) >= 11 is 0. The topological polar surface area (TPSA) is 98.8 Å². The van der Waals surface area contributed by atoms with E-state index in [9.17, 15) is 18.0 Å². The van der Waals surface area contributed by atoms with Crippen molar-refractivity contribution in [2.75, 3.05) is 39.3 Å². The molecule has 0 bridgehead atoms. The van der Waals surface area contributed by atoms with Gasteiger partial charge in [-0.05, 0) is 24.6 Å². The number of carbonyl (C=O) groups is 2. The van der Waals surface area contributed by atoms with Crippen LogP contribution in [0.1, 0.15) is 11.1 Å². The number of amides is 2. The first-order chi connectivity index (χ1) is 14.8. The molecular formula is C22H28N4O4S. The lowest BCUT2D eigenvalue weighted by atomic mass is 10.2. The van der Waals surface area contributed by atoms with Gasteiger partial charge < -0.3 is 10.2 Å². The second-order valence-electron chi connectivity index (χ2n) is 7.56. The van der Waals surface area contributed by atoms with Gasteiger partial charge in [0.2, 0.25) is 21.8 Å². The summed E-state index contributed by atoms with van der Waals surface area (Å²) < 4.78 is 26.7. The first-order valence-electron chi connectivity index (χ1n) is 10.2. The molecule has 1 aliphatic heterocycles. The van der Waals surface area contributed by atoms with Gasteiger partial charge in [-0.1, -0.05) is 48.0 Å². The lowest BCUT2D eigenvalue weighted by Crippen LogP contribution is -2.51. The molecule has 166 valence electrons. The van der Waals surface area contributed by atoms with Crippen LogP contribution >= 0.6 is 0 Å². The third-order valence-electron chi connectivity index (χ3n) is 5.16. The molecule has 0 aliphatic carbocycles. The molecule has 0 saturated carbocycles. The SMILES string of the molecule is Cc1ccc(S(=O)(=O)NCC(=O)NCC(=O)N2CCN(Cc3ccccc3)CC2)cc1. The van der Waals surface area contributed by atoms with Gasteiger partial charge in [0.25, 0.3) is 0 Å². The quantitative estimate of drug-likeness (QED) is 0.626. The highest BCUT2D eigenvalue weighted by molar-refractivity contribution is 7.89. The molecule has 0 radical (unpaired) electrons. The predicted octanol–water partition coefficient (Wildman–Crippen LogP) is 0.734. The van der Waals surface area contributed by atoms with Crippen LogP contribution in [0, 0.1) is 6.92 Å². The van der Waals surface area contributed by atoms with Crippen molar-refractivity contribution in [2.45, 2.75) is 18.4 Å². The third-order valence-corrected chi connectivity index (χ3v) is 6.58. The summed E-state index contributed by atoms with van der Waals surface area (Å²) in [5, 5.41) is 2.49. The van der Waals surface area contributed by atoms with Crippen LogP contribution in [-0.4, -0.2) is 69.3 Å². The average Bonchev–Trinajstić information content (AvgIpc) is 2.77. The Morgan fingerprint density at radius 3 is 2.19 bits per heavy atom. The molecule has 1 heterocycles. The van der Waals surface area contributed by atoms with Gasteiger partial charge in [-0.3, -0.25) is 14.5 Å². The van der Waals surface area contributed by atoms with E-state index in [1.165, 1.54) is 17.7 Å². The summed E-state index contributed by atoms with van der Waals surface area (Å²) in [5.41, 5.74) is 2.18. The fourth-order valence-corrected chi connectivity index (χ4v) is 4.29. The highest BCUT2D eigenvalue weighted by atomic mass is 32.2. The van der Waals surface area contributed by atoms with E-state index < -0.39 is 22.5 Å². The molecule has 1 aliphatic rings. The smallest absolute Gasteiger partial charge is 0.242 e. The molecule has 2 aromatic carbocycles. The number of aryl methyl sites for hydroxylation is 1. The van der Waals surface area contributed by atoms with Crippen molar-refractivity contribution in [1.29, 1.82) is 0 Å². The molecule has 31 heavy (non-hydrogen) atoms. The van der Waals surface area contributed by atoms with Crippen molar-refractivity contribution in [2.24, 2.45) is 0 Å². The number of carbonyl (C=O) groups excluding carboxylic acids is 2. The molecule has 9 heteroatoms. The molecule has 1 fully saturated rings. The lowest BCUT2D eigenvalue weighted by molar-refractivity contribution is -0.134. The van der Waals surface area contributed by atoms with E-state index in [4.69, 9.17) is 0 Å². The van der Waals surface area contributed by atoms with Gasteiger partial charge in [0, 0.05) is 32.7 Å². The summed E-state index contributed by atoms with van der Waals surface area (Å²) in [4.78, 5) is 28.5. The van der Waals surface area contributed by atoms with Crippen LogP contribution in [0.4, 0.5) is 0 Å². The first-order valence-corrected chi connectivity index (χ1v) is 11.7. The number of piperazine rings is 1. The molecule has 8 nitrogen and oxygen atoms in total. The zero-order valence-electron chi connectivity index (χ0n) is 17.6. The standard InChI is InChI=1S/C22H28N4O4S/c1-18-7-9-20(10-8-18)31(29,30)24-15-21(27)23-16-22(28)26-13-11-25(12-14-26)17-19-5-3-2-4-6-19/h2-10,24H,11-17H2,1H3,(H,23,27). The second kappa shape index (κ2) is 10.5. The van der Waals surface area contributed by atoms with Crippen LogP contribution in [0.3, 0.4) is 0 Å². The van der Waals surface area contributed by atoms with Gasteiger partial charge in [-0.25, -0.2) is 13.1 Å². The Morgan fingerprint density at radius 1 is 0.903 bits per heavy atom. The van der Waals surface area contributed by atoms with E-state index in [1.807, 2.05) is 25.1 Å². The lowest BCUT2D eigenvalue weighted by Gasteiger charge is -2.34. The Bertz CT molecular complexity index is 986. The van der Waals surface area contributed by atoms with Gasteiger partial charge >= 0.3 is 0 Å². The molecule has 2 amide bonds. The van der Waals surface area contributed by atoms with Crippen molar-refractivity contribution in [1.82, 2.24) is 19.8 Å². The maximum absolute atomic E-state index is 12.4. The van der Waals surface area contributed by atoms with Crippen LogP contribution in [0.25, 0.3) is 0 Å². The Kier molecular flexibility index (Phi) is 7.78. The molecule has 1 saturated heterocycles. The number of hydrogen-bond donors (Lipinski definition) is 2. The Balaban J connectivity index is 1.37. The number of hydrogen-bond acceptors (Lipinski definition) is 5. The summed E-state index contributed by atoms with van der Waals surface area (Å²) in [6.07, 6.45) is 0. The van der Waals surface area contributed by atoms with Crippen LogP contribution < -0.4 is 10.0 Å². The highest BCUT2D eigenvalue weighted by Crippen LogP contribution is 2.10. The van der Waals surface area contributed by atoms with Crippen molar-refractivity contribution < 1.29 is 18.0 Å². The van der Waals surface area contributed by atoms with Crippen LogP contribution in [0.2, 0.25) is 0 Å². The summed E-state index contributed by atoms with van der Waals surface area (Å²) in [5.74, 6) is -0.721. The van der Waals surface area contributed by atoms with Gasteiger partial charge in [0.1, 0.15) is 0 Å². The minimum Gasteiger partial charge on any atom is -0.346 e. The van der Waals surface area contributed by atoms with Gasteiger partial charge in [-0.15, -0.1) is 0 Å². The maximum Gasteiger partial charge on any atom is 0.242 e. The first kappa shape index (κ1) is 22.9. The van der Waals surface area contributed by atoms with Crippen molar-refractivity contribution in [3.63, 3.8) is 0 Å². The molecule has 0 spiro atoms. The van der Waals surface area contributed by atoms with E-state index in [2.05, 4.69) is 27.1 Å². The molecular weight excluding hydrogens is 416 g/mol. The van der Waals surface area contributed by atoms with Gasteiger partial charge in [0.05, 0.1) is 18.0 Å². The number of rotatable bonds is 8. The Labute approximate surface area is 183 Å². The summed E-state index contributed by atoms with van der Waals surface area (Å²) in [6.45, 7) is 4.87. The fourth-order valence-electron chi connectivity index (χ4n) is 3.31. The minimum absolute atomic E-state index is 0.0929. The van der Waals surface area contributed by atoms with Crippen LogP contribution in [-0.2, 0) is 26.2 Å². The number of nitrogens with one attached hydrogen (secondary N) is 2. The van der Waals surface area contributed by atoms with Gasteiger partial charge in [-0.2, -0.15) is 0 Å². The van der Waals surface area contributed by atoms with E-state index in [-0.39, 0.29) is 17.3 Å². The third kappa shape index (κ3) is 6.88. The minimum atomic E-state index is -3.77. The van der Waals surface area contributed by atoms with E-state index >= 15 is 0 Å². The van der Waals surface area contributed by atoms with E-state index in [0.717, 1.165) is 25.2 Å². The molecule has 0 aromatic heterocycles. The predicted molar refractivity (Wildman–Crippen MR) is 118 cm³/mol. The average molecular weight is 445 g/mol. The van der Waals surface area contributed by atoms with Gasteiger partial charge in [0.15, 0.2) is 0 Å². The summed E-state index contributed by atoms with van der Waals surface area (Å²) in [7, 11) is -3.77. The molecule has 2 N–H and O–H groups in total. The van der Waals surface area contributed by atoms with Crippen molar-refractivity contribution in [3.8, 4) is 0 Å².